The van der Waals surface area contributed by atoms with Crippen molar-refractivity contribution in [3.05, 3.63) is 75.7 Å². The molecule has 0 saturated heterocycles. The molecule has 0 N–H and O–H groups in total. The molecule has 1 aromatic heterocycles. The second-order valence-electron chi connectivity index (χ2n) is 14.6. The van der Waals surface area contributed by atoms with Crippen LogP contribution in [0.2, 0.25) is 0 Å². The molecule has 0 aliphatic heterocycles. The normalized spacial score (nSPS) is 29.5. The van der Waals surface area contributed by atoms with Gasteiger partial charge in [-0.1, -0.05) is 55.7 Å². The first-order valence-corrected chi connectivity index (χ1v) is 16.8. The second kappa shape index (κ2) is 13.5. The Labute approximate surface area is 263 Å². The van der Waals surface area contributed by atoms with E-state index >= 15 is 0 Å². The van der Waals surface area contributed by atoms with Crippen LogP contribution in [0.4, 0.5) is 0 Å². The Bertz CT molecular complexity index is 1490. The summed E-state index contributed by atoms with van der Waals surface area (Å²) in [4.78, 5) is 25.0. The fourth-order valence-electron chi connectivity index (χ4n) is 8.48. The monoisotopic (exact) mass is 600 g/mol. The predicted octanol–water partition coefficient (Wildman–Crippen LogP) is 9.46. The third kappa shape index (κ3) is 6.92. The van der Waals surface area contributed by atoms with Gasteiger partial charge in [0.05, 0.1) is 13.2 Å². The third-order valence-corrected chi connectivity index (χ3v) is 11.5. The van der Waals surface area contributed by atoms with E-state index in [-0.39, 0.29) is 22.9 Å². The van der Waals surface area contributed by atoms with Crippen molar-refractivity contribution in [2.45, 2.75) is 92.9 Å². The Morgan fingerprint density at radius 3 is 2.70 bits per heavy atom. The molecule has 0 unspecified atom stereocenters. The van der Waals surface area contributed by atoms with Gasteiger partial charge < -0.3 is 13.9 Å². The predicted molar refractivity (Wildman–Crippen MR) is 178 cm³/mol. The summed E-state index contributed by atoms with van der Waals surface area (Å²) in [5, 5.41) is 0.866. The lowest BCUT2D eigenvalue weighted by Crippen LogP contribution is -2.44. The summed E-state index contributed by atoms with van der Waals surface area (Å²) in [7, 11) is 0. The van der Waals surface area contributed by atoms with E-state index < -0.39 is 0 Å². The van der Waals surface area contributed by atoms with Crippen LogP contribution in [0.25, 0.3) is 11.0 Å². The van der Waals surface area contributed by atoms with Crippen molar-refractivity contribution in [3.63, 3.8) is 0 Å². The van der Waals surface area contributed by atoms with Gasteiger partial charge in [0.15, 0.2) is 0 Å². The largest absolute Gasteiger partial charge is 0.493 e. The van der Waals surface area contributed by atoms with E-state index in [9.17, 15) is 9.59 Å². The molecule has 0 spiro atoms. The van der Waals surface area contributed by atoms with Crippen molar-refractivity contribution < 1.29 is 18.7 Å². The zero-order chi connectivity index (χ0) is 31.6. The molecule has 5 nitrogen and oxygen atoms in total. The number of hydrogen-bond acceptors (Lipinski definition) is 5. The highest BCUT2D eigenvalue weighted by Gasteiger charge is 2.45. The maximum Gasteiger partial charge on any atom is 0.336 e. The van der Waals surface area contributed by atoms with Crippen LogP contribution in [0.15, 0.2) is 74.5 Å². The Kier molecular flexibility index (Phi) is 9.92. The SMILES string of the molecule is C=C1CC[C@@H]2C(C)=CC[C@@H]([C@H](C)COC(=O)CC[C@H]3C(=C(C)C)CC[C@H](C)[C@]3(C)COc3ccc4ccc(=O)oc4c3)[C@H]2C1. The summed E-state index contributed by atoms with van der Waals surface area (Å²) in [6, 6.07) is 8.86. The first kappa shape index (κ1) is 32.3. The molecule has 3 aliphatic rings. The summed E-state index contributed by atoms with van der Waals surface area (Å²) in [6.07, 6.45) is 10.3. The van der Waals surface area contributed by atoms with Crippen LogP contribution in [-0.2, 0) is 9.53 Å². The average molecular weight is 601 g/mol. The molecular weight excluding hydrogens is 548 g/mol. The highest BCUT2D eigenvalue weighted by atomic mass is 16.5. The molecule has 0 radical (unpaired) electrons. The van der Waals surface area contributed by atoms with Gasteiger partial charge in [-0.2, -0.15) is 0 Å². The van der Waals surface area contributed by atoms with Gasteiger partial charge in [0, 0.05) is 29.4 Å². The Morgan fingerprint density at radius 1 is 1.16 bits per heavy atom. The van der Waals surface area contributed by atoms with E-state index in [1.165, 1.54) is 29.2 Å². The van der Waals surface area contributed by atoms with E-state index in [1.807, 2.05) is 12.1 Å². The number of hydrogen-bond donors (Lipinski definition) is 0. The highest BCUT2D eigenvalue weighted by Crippen LogP contribution is 2.51. The van der Waals surface area contributed by atoms with Gasteiger partial charge in [-0.25, -0.2) is 4.79 Å². The van der Waals surface area contributed by atoms with Gasteiger partial charge in [0.1, 0.15) is 11.3 Å². The molecule has 238 valence electrons. The van der Waals surface area contributed by atoms with Crippen molar-refractivity contribution in [1.82, 2.24) is 0 Å². The van der Waals surface area contributed by atoms with Crippen LogP contribution in [0, 0.1) is 40.9 Å². The van der Waals surface area contributed by atoms with E-state index in [0.29, 0.717) is 60.6 Å². The minimum absolute atomic E-state index is 0.0943. The number of allylic oxidation sites excluding steroid dienone is 5. The summed E-state index contributed by atoms with van der Waals surface area (Å²) in [5.74, 6) is 3.38. The molecule has 2 aromatic rings. The van der Waals surface area contributed by atoms with Gasteiger partial charge in [-0.15, -0.1) is 0 Å². The van der Waals surface area contributed by atoms with Crippen LogP contribution >= 0.6 is 0 Å². The Morgan fingerprint density at radius 2 is 1.93 bits per heavy atom. The van der Waals surface area contributed by atoms with Crippen molar-refractivity contribution in [2.75, 3.05) is 13.2 Å². The zero-order valence-electron chi connectivity index (χ0n) is 27.7. The van der Waals surface area contributed by atoms with E-state index in [2.05, 4.69) is 54.2 Å². The van der Waals surface area contributed by atoms with Crippen LogP contribution in [0.1, 0.15) is 92.9 Å². The lowest BCUT2D eigenvalue weighted by Gasteiger charge is -2.48. The lowest BCUT2D eigenvalue weighted by atomic mass is 9.58. The maximum absolute atomic E-state index is 13.2. The molecule has 3 aliphatic carbocycles. The number of benzene rings is 1. The highest BCUT2D eigenvalue weighted by molar-refractivity contribution is 5.77. The summed E-state index contributed by atoms with van der Waals surface area (Å²) in [5.41, 5.74) is 5.71. The third-order valence-electron chi connectivity index (χ3n) is 11.5. The van der Waals surface area contributed by atoms with Crippen LogP contribution in [0.3, 0.4) is 0 Å². The Balaban J connectivity index is 1.23. The standard InChI is InChI=1S/C39H52O5/c1-24(2)31-16-10-28(6)39(7,23-43-30-13-11-29-12-18-38(41)44-36(29)21-30)35(31)17-19-37(40)42-22-27(5)33-15-9-26(4)32-14-8-25(3)20-34(32)33/h9,11-13,18,21,27-28,32-35H,3,8,10,14-17,19-20,22-23H2,1-2,4-7H3/t27-,28+,32-,33+,34+,35+,39+/m1/s1. The fraction of sp³-hybridized carbons (Fsp3) is 0.590. The molecule has 2 saturated carbocycles. The van der Waals surface area contributed by atoms with Crippen LogP contribution < -0.4 is 10.4 Å². The molecule has 2 fully saturated rings. The smallest absolute Gasteiger partial charge is 0.336 e. The lowest BCUT2D eigenvalue weighted by molar-refractivity contribution is -0.146. The number of carbonyl (C=O) groups excluding carboxylic acids is 1. The first-order valence-electron chi connectivity index (χ1n) is 16.8. The second-order valence-corrected chi connectivity index (χ2v) is 14.6. The minimum atomic E-state index is -0.369. The fourth-order valence-corrected chi connectivity index (χ4v) is 8.48. The topological polar surface area (TPSA) is 65.7 Å². The maximum atomic E-state index is 13.2. The number of esters is 1. The molecule has 1 heterocycles. The van der Waals surface area contributed by atoms with Crippen molar-refractivity contribution >= 4 is 16.9 Å². The number of fused-ring (bicyclic) bond motifs is 2. The molecule has 5 heteroatoms. The molecule has 7 atom stereocenters. The number of carbonyl (C=O) groups is 1. The Hall–Kier alpha value is -3.08. The van der Waals surface area contributed by atoms with Gasteiger partial charge in [0.2, 0.25) is 0 Å². The number of ether oxygens (including phenoxy) is 2. The quantitative estimate of drug-likeness (QED) is 0.163. The zero-order valence-corrected chi connectivity index (χ0v) is 27.7. The van der Waals surface area contributed by atoms with Gasteiger partial charge >= 0.3 is 11.6 Å². The van der Waals surface area contributed by atoms with E-state index in [0.717, 1.165) is 43.9 Å². The average Bonchev–Trinajstić information content (AvgIpc) is 2.99. The number of rotatable bonds is 9. The van der Waals surface area contributed by atoms with Crippen molar-refractivity contribution in [3.8, 4) is 5.75 Å². The summed E-state index contributed by atoms with van der Waals surface area (Å²) in [6.45, 7) is 18.9. The van der Waals surface area contributed by atoms with Gasteiger partial charge in [-0.05, 0) is 119 Å². The van der Waals surface area contributed by atoms with Crippen LogP contribution in [-0.4, -0.2) is 19.2 Å². The van der Waals surface area contributed by atoms with Crippen LogP contribution in [0.5, 0.6) is 5.75 Å². The first-order chi connectivity index (χ1) is 21.0. The van der Waals surface area contributed by atoms with E-state index in [4.69, 9.17) is 13.9 Å². The summed E-state index contributed by atoms with van der Waals surface area (Å²) >= 11 is 0. The van der Waals surface area contributed by atoms with Gasteiger partial charge in [0.25, 0.3) is 0 Å². The van der Waals surface area contributed by atoms with Crippen molar-refractivity contribution in [1.29, 1.82) is 0 Å². The van der Waals surface area contributed by atoms with Crippen molar-refractivity contribution in [2.24, 2.45) is 40.9 Å². The molecule has 1 aromatic carbocycles. The molecule has 0 amide bonds. The molecule has 0 bridgehead atoms. The molecular formula is C39H52O5. The summed E-state index contributed by atoms with van der Waals surface area (Å²) < 4.78 is 17.8. The minimum Gasteiger partial charge on any atom is -0.493 e. The van der Waals surface area contributed by atoms with E-state index in [1.54, 1.807) is 17.7 Å². The molecule has 44 heavy (non-hydrogen) atoms. The van der Waals surface area contributed by atoms with Gasteiger partial charge in [-0.3, -0.25) is 4.79 Å². The molecule has 5 rings (SSSR count).